The van der Waals surface area contributed by atoms with E-state index in [-0.39, 0.29) is 39.0 Å². The van der Waals surface area contributed by atoms with Crippen molar-refractivity contribution in [3.05, 3.63) is 80.0 Å². The number of methoxy groups -OCH3 is 2. The number of nitro groups is 1. The molecule has 0 bridgehead atoms. The van der Waals surface area contributed by atoms with Gasteiger partial charge in [0.25, 0.3) is 5.69 Å². The van der Waals surface area contributed by atoms with E-state index >= 15 is 0 Å². The van der Waals surface area contributed by atoms with E-state index in [0.717, 1.165) is 7.11 Å². The van der Waals surface area contributed by atoms with Gasteiger partial charge in [-0.2, -0.15) is 0 Å². The summed E-state index contributed by atoms with van der Waals surface area (Å²) in [6.45, 7) is -0.530. The van der Waals surface area contributed by atoms with Crippen LogP contribution in [0.15, 0.2) is 57.7 Å². The molecule has 0 amide bonds. The number of fused-ring (bicyclic) bond motifs is 2. The Hall–Kier alpha value is -4.24. The van der Waals surface area contributed by atoms with Crippen molar-refractivity contribution < 1.29 is 28.7 Å². The van der Waals surface area contributed by atoms with Gasteiger partial charge in [-0.25, -0.2) is 4.79 Å². The van der Waals surface area contributed by atoms with Gasteiger partial charge in [0, 0.05) is 5.56 Å². The number of carbonyl (C=O) groups excluding carboxylic acids is 1. The first-order chi connectivity index (χ1) is 15.4. The lowest BCUT2D eigenvalue weighted by molar-refractivity contribution is -0.384. The van der Waals surface area contributed by atoms with Crippen molar-refractivity contribution in [3.63, 3.8) is 0 Å². The van der Waals surface area contributed by atoms with Gasteiger partial charge < -0.3 is 19.0 Å². The Morgan fingerprint density at radius 2 is 1.88 bits per heavy atom. The summed E-state index contributed by atoms with van der Waals surface area (Å²) in [6.07, 6.45) is 0. The van der Waals surface area contributed by atoms with E-state index in [1.165, 1.54) is 31.4 Å². The number of rotatable bonds is 5. The average Bonchev–Trinajstić information content (AvgIpc) is 2.81. The number of esters is 1. The van der Waals surface area contributed by atoms with Gasteiger partial charge in [0.2, 0.25) is 5.43 Å². The fourth-order valence-electron chi connectivity index (χ4n) is 3.82. The van der Waals surface area contributed by atoms with E-state index in [0.29, 0.717) is 11.0 Å². The van der Waals surface area contributed by atoms with Crippen LogP contribution in [0.2, 0.25) is 0 Å². The lowest BCUT2D eigenvalue weighted by Crippen LogP contribution is -2.09. The first-order valence-electron chi connectivity index (χ1n) is 9.45. The molecule has 0 saturated carbocycles. The second kappa shape index (κ2) is 8.12. The number of benzene rings is 3. The van der Waals surface area contributed by atoms with Gasteiger partial charge >= 0.3 is 5.97 Å². The zero-order valence-corrected chi connectivity index (χ0v) is 17.1. The number of nitro benzene ring substituents is 1. The number of nitrogens with zero attached hydrogens (tertiary/aromatic N) is 1. The molecule has 0 aliphatic rings. The highest BCUT2D eigenvalue weighted by Crippen LogP contribution is 2.44. The van der Waals surface area contributed by atoms with E-state index < -0.39 is 28.6 Å². The van der Waals surface area contributed by atoms with Crippen LogP contribution in [-0.2, 0) is 11.3 Å². The molecule has 0 radical (unpaired) electrons. The maximum absolute atomic E-state index is 13.3. The van der Waals surface area contributed by atoms with E-state index in [9.17, 15) is 24.8 Å². The second-order valence-corrected chi connectivity index (χ2v) is 6.85. The molecule has 0 atom stereocenters. The normalized spacial score (nSPS) is 11.0. The van der Waals surface area contributed by atoms with Crippen LogP contribution in [0, 0.1) is 10.1 Å². The molecule has 0 aliphatic carbocycles. The maximum Gasteiger partial charge on any atom is 0.344 e. The molecule has 1 aromatic heterocycles. The number of aliphatic hydroxyl groups excluding tert-OH is 1. The van der Waals surface area contributed by atoms with Gasteiger partial charge in [0.1, 0.15) is 27.9 Å². The standard InChI is InChI=1S/C23H17NO8/c1-30-22-18(14-7-5-8-15(23(27)31-2)20(14)24(28)29)12(11-25)10-17-19(22)21(26)13-6-3-4-9-16(13)32-17/h3-10,25H,11H2,1-2H3. The molecule has 1 heterocycles. The van der Waals surface area contributed by atoms with Crippen LogP contribution >= 0.6 is 0 Å². The summed E-state index contributed by atoms with van der Waals surface area (Å²) in [4.78, 5) is 36.7. The molecule has 1 N–H and O–H groups in total. The summed E-state index contributed by atoms with van der Waals surface area (Å²) in [5.74, 6) is -0.898. The lowest BCUT2D eigenvalue weighted by atomic mass is 9.93. The first-order valence-corrected chi connectivity index (χ1v) is 9.45. The summed E-state index contributed by atoms with van der Waals surface area (Å²) in [5, 5.41) is 22.4. The molecule has 32 heavy (non-hydrogen) atoms. The molecule has 9 nitrogen and oxygen atoms in total. The maximum atomic E-state index is 13.3. The Labute approximate surface area is 180 Å². The van der Waals surface area contributed by atoms with Crippen molar-refractivity contribution >= 4 is 33.6 Å². The van der Waals surface area contributed by atoms with E-state index in [1.807, 2.05) is 0 Å². The molecule has 0 aliphatic heterocycles. The molecule has 0 spiro atoms. The molecule has 4 aromatic rings. The summed E-state index contributed by atoms with van der Waals surface area (Å²) in [6, 6.07) is 12.2. The van der Waals surface area contributed by atoms with E-state index in [2.05, 4.69) is 4.74 Å². The first kappa shape index (κ1) is 21.0. The summed E-state index contributed by atoms with van der Waals surface area (Å²) in [7, 11) is 2.43. The van der Waals surface area contributed by atoms with E-state index in [4.69, 9.17) is 9.15 Å². The predicted molar refractivity (Wildman–Crippen MR) is 116 cm³/mol. The highest BCUT2D eigenvalue weighted by Gasteiger charge is 2.30. The summed E-state index contributed by atoms with van der Waals surface area (Å²) in [5.41, 5.74) is -0.360. The number of ether oxygens (including phenoxy) is 2. The Morgan fingerprint density at radius 1 is 1.12 bits per heavy atom. The SMILES string of the molecule is COC(=O)c1cccc(-c2c(CO)cc3oc4ccccc4c(=O)c3c2OC)c1[N+](=O)[O-]. The fraction of sp³-hybridized carbons (Fsp3) is 0.130. The molecular formula is C23H17NO8. The molecule has 4 rings (SSSR count). The zero-order valence-electron chi connectivity index (χ0n) is 17.1. The van der Waals surface area contributed by atoms with Gasteiger partial charge in [-0.05, 0) is 35.9 Å². The summed E-state index contributed by atoms with van der Waals surface area (Å²) >= 11 is 0. The number of para-hydroxylation sites is 2. The quantitative estimate of drug-likeness (QED) is 0.217. The van der Waals surface area contributed by atoms with Gasteiger partial charge in [-0.1, -0.05) is 18.2 Å². The molecule has 3 aromatic carbocycles. The van der Waals surface area contributed by atoms with Crippen molar-refractivity contribution in [3.8, 4) is 16.9 Å². The largest absolute Gasteiger partial charge is 0.495 e. The number of aliphatic hydroxyl groups is 1. The molecule has 0 fully saturated rings. The van der Waals surface area contributed by atoms with Crippen LogP contribution in [0.4, 0.5) is 5.69 Å². The van der Waals surface area contributed by atoms with Crippen LogP contribution < -0.4 is 10.2 Å². The molecule has 0 unspecified atom stereocenters. The topological polar surface area (TPSA) is 129 Å². The Bertz CT molecular complexity index is 1450. The zero-order chi connectivity index (χ0) is 23.0. The van der Waals surface area contributed by atoms with Crippen LogP contribution in [0.5, 0.6) is 5.75 Å². The Kier molecular flexibility index (Phi) is 5.33. The number of hydrogen-bond acceptors (Lipinski definition) is 8. The number of hydrogen-bond donors (Lipinski definition) is 1. The average molecular weight is 435 g/mol. The smallest absolute Gasteiger partial charge is 0.344 e. The minimum Gasteiger partial charge on any atom is -0.495 e. The van der Waals surface area contributed by atoms with Gasteiger partial charge in [0.05, 0.1) is 36.7 Å². The fourth-order valence-corrected chi connectivity index (χ4v) is 3.82. The van der Waals surface area contributed by atoms with Crippen LogP contribution in [0.1, 0.15) is 15.9 Å². The van der Waals surface area contributed by atoms with Crippen molar-refractivity contribution in [2.24, 2.45) is 0 Å². The van der Waals surface area contributed by atoms with Crippen molar-refractivity contribution in [2.45, 2.75) is 6.61 Å². The minimum absolute atomic E-state index is 0.00355. The van der Waals surface area contributed by atoms with Crippen LogP contribution in [0.3, 0.4) is 0 Å². The molecule has 9 heteroatoms. The van der Waals surface area contributed by atoms with Crippen LogP contribution in [0.25, 0.3) is 33.1 Å². The molecular weight excluding hydrogens is 418 g/mol. The van der Waals surface area contributed by atoms with Crippen molar-refractivity contribution in [2.75, 3.05) is 14.2 Å². The van der Waals surface area contributed by atoms with Gasteiger partial charge in [0.15, 0.2) is 0 Å². The van der Waals surface area contributed by atoms with E-state index in [1.54, 1.807) is 24.3 Å². The highest BCUT2D eigenvalue weighted by atomic mass is 16.6. The predicted octanol–water partition coefficient (Wildman–Crippen LogP) is 3.81. The minimum atomic E-state index is -0.894. The Morgan fingerprint density at radius 3 is 2.53 bits per heavy atom. The van der Waals surface area contributed by atoms with Gasteiger partial charge in [-0.3, -0.25) is 14.9 Å². The lowest BCUT2D eigenvalue weighted by Gasteiger charge is -2.16. The van der Waals surface area contributed by atoms with Crippen LogP contribution in [-0.4, -0.2) is 30.2 Å². The monoisotopic (exact) mass is 435 g/mol. The molecule has 162 valence electrons. The number of carbonyl (C=O) groups is 1. The third-order valence-electron chi connectivity index (χ3n) is 5.17. The Balaban J connectivity index is 2.20. The molecule has 0 saturated heterocycles. The van der Waals surface area contributed by atoms with Gasteiger partial charge in [-0.15, -0.1) is 0 Å². The van der Waals surface area contributed by atoms with Crippen molar-refractivity contribution in [1.82, 2.24) is 0 Å². The van der Waals surface area contributed by atoms with Crippen molar-refractivity contribution in [1.29, 1.82) is 0 Å². The second-order valence-electron chi connectivity index (χ2n) is 6.85. The highest BCUT2D eigenvalue weighted by molar-refractivity contribution is 6.03. The summed E-state index contributed by atoms with van der Waals surface area (Å²) < 4.78 is 16.1. The third kappa shape index (κ3) is 3.15. The third-order valence-corrected chi connectivity index (χ3v) is 5.17.